The van der Waals surface area contributed by atoms with Crippen LogP contribution in [0.5, 0.6) is 0 Å². The average Bonchev–Trinajstić information content (AvgIpc) is 3.01. The Balaban J connectivity index is 1.79. The number of hydrogen-bond acceptors (Lipinski definition) is 6. The van der Waals surface area contributed by atoms with Crippen LogP contribution in [-0.4, -0.2) is 66.2 Å². The summed E-state index contributed by atoms with van der Waals surface area (Å²) in [7, 11) is 0. The van der Waals surface area contributed by atoms with Crippen LogP contribution in [0.3, 0.4) is 0 Å². The lowest BCUT2D eigenvalue weighted by molar-refractivity contribution is -0.146. The van der Waals surface area contributed by atoms with E-state index in [1.807, 2.05) is 74.5 Å². The fraction of sp³-hybridized carbons (Fsp3) is 0.382. The summed E-state index contributed by atoms with van der Waals surface area (Å²) in [5.41, 5.74) is 2.44. The summed E-state index contributed by atoms with van der Waals surface area (Å²) >= 11 is 0. The van der Waals surface area contributed by atoms with Crippen LogP contribution < -0.4 is 10.6 Å². The molecule has 2 amide bonds. The van der Waals surface area contributed by atoms with Gasteiger partial charge in [-0.2, -0.15) is 0 Å². The number of carbonyl (C=O) groups is 3. The highest BCUT2D eigenvalue weighted by atomic mass is 16.5. The van der Waals surface area contributed by atoms with E-state index in [4.69, 9.17) is 4.74 Å². The molecule has 0 heterocycles. The van der Waals surface area contributed by atoms with Crippen LogP contribution in [0.4, 0.5) is 0 Å². The van der Waals surface area contributed by atoms with Gasteiger partial charge in [0.25, 0.3) is 11.8 Å². The Morgan fingerprint density at radius 2 is 1.45 bits per heavy atom. The van der Waals surface area contributed by atoms with Gasteiger partial charge in [0.15, 0.2) is 0 Å². The van der Waals surface area contributed by atoms with Gasteiger partial charge in [0.05, 0.1) is 18.8 Å². The normalized spacial score (nSPS) is 13.0. The van der Waals surface area contributed by atoms with Crippen molar-refractivity contribution in [1.29, 1.82) is 0 Å². The molecule has 3 atom stereocenters. The zero-order valence-corrected chi connectivity index (χ0v) is 24.8. The van der Waals surface area contributed by atoms with E-state index in [-0.39, 0.29) is 19.1 Å². The van der Waals surface area contributed by atoms with E-state index in [0.717, 1.165) is 18.4 Å². The van der Waals surface area contributed by atoms with Crippen LogP contribution in [0.1, 0.15) is 71.5 Å². The molecule has 0 saturated heterocycles. The molecule has 42 heavy (non-hydrogen) atoms. The molecule has 0 aliphatic heterocycles. The predicted molar refractivity (Wildman–Crippen MR) is 164 cm³/mol. The van der Waals surface area contributed by atoms with Gasteiger partial charge >= 0.3 is 5.97 Å². The summed E-state index contributed by atoms with van der Waals surface area (Å²) in [5.74, 6) is -0.947. The van der Waals surface area contributed by atoms with Crippen LogP contribution in [0.2, 0.25) is 0 Å². The third kappa shape index (κ3) is 9.53. The second-order valence-electron chi connectivity index (χ2n) is 10.2. The van der Waals surface area contributed by atoms with E-state index in [2.05, 4.69) is 10.6 Å². The Hall–Kier alpha value is -4.01. The molecule has 0 saturated carbocycles. The number of benzene rings is 3. The van der Waals surface area contributed by atoms with Gasteiger partial charge in [-0.3, -0.25) is 14.9 Å². The van der Waals surface area contributed by atoms with Crippen molar-refractivity contribution in [2.75, 3.05) is 26.2 Å². The number of aliphatic hydroxyl groups is 1. The summed E-state index contributed by atoms with van der Waals surface area (Å²) in [6.45, 7) is 7.36. The molecule has 2 unspecified atom stereocenters. The summed E-state index contributed by atoms with van der Waals surface area (Å²) in [4.78, 5) is 41.1. The maximum Gasteiger partial charge on any atom is 0.327 e. The minimum atomic E-state index is -1.04. The van der Waals surface area contributed by atoms with Gasteiger partial charge in [-0.25, -0.2) is 4.79 Å². The zero-order valence-electron chi connectivity index (χ0n) is 24.8. The number of ether oxygens (including phenoxy) is 1. The number of carbonyl (C=O) groups excluding carboxylic acids is 3. The Labute approximate surface area is 249 Å². The first-order valence-electron chi connectivity index (χ1n) is 14.7. The van der Waals surface area contributed by atoms with Gasteiger partial charge in [0.2, 0.25) is 0 Å². The van der Waals surface area contributed by atoms with Crippen molar-refractivity contribution < 1.29 is 24.2 Å². The molecule has 0 spiro atoms. The third-order valence-corrected chi connectivity index (χ3v) is 6.91. The number of aliphatic hydroxyl groups excluding tert-OH is 1. The molecule has 3 aromatic carbocycles. The Morgan fingerprint density at radius 1 is 0.833 bits per heavy atom. The predicted octanol–water partition coefficient (Wildman–Crippen LogP) is 4.54. The first-order valence-corrected chi connectivity index (χ1v) is 14.7. The van der Waals surface area contributed by atoms with Gasteiger partial charge in [0.1, 0.15) is 6.04 Å². The fourth-order valence-electron chi connectivity index (χ4n) is 4.82. The quantitative estimate of drug-likeness (QED) is 0.217. The molecule has 3 N–H and O–H groups in total. The first kappa shape index (κ1) is 32.5. The van der Waals surface area contributed by atoms with Gasteiger partial charge in [-0.15, -0.1) is 0 Å². The van der Waals surface area contributed by atoms with Crippen molar-refractivity contribution in [3.8, 4) is 0 Å². The zero-order chi connectivity index (χ0) is 30.3. The van der Waals surface area contributed by atoms with Crippen molar-refractivity contribution in [1.82, 2.24) is 15.5 Å². The van der Waals surface area contributed by atoms with Crippen LogP contribution >= 0.6 is 0 Å². The maximum atomic E-state index is 13.5. The monoisotopic (exact) mass is 573 g/mol. The van der Waals surface area contributed by atoms with E-state index in [1.54, 1.807) is 36.1 Å². The molecule has 0 aliphatic rings. The van der Waals surface area contributed by atoms with Crippen molar-refractivity contribution in [2.45, 2.75) is 58.2 Å². The lowest BCUT2D eigenvalue weighted by Gasteiger charge is -2.27. The van der Waals surface area contributed by atoms with Gasteiger partial charge in [0, 0.05) is 30.8 Å². The maximum absolute atomic E-state index is 13.5. The number of esters is 1. The minimum absolute atomic E-state index is 0.0255. The van der Waals surface area contributed by atoms with Gasteiger partial charge in [-0.1, -0.05) is 80.6 Å². The summed E-state index contributed by atoms with van der Waals surface area (Å²) in [6, 6.07) is 24.0. The molecule has 0 fully saturated rings. The summed E-state index contributed by atoms with van der Waals surface area (Å²) < 4.78 is 5.26. The molecular formula is C34H43N3O5. The molecule has 224 valence electrons. The van der Waals surface area contributed by atoms with Crippen molar-refractivity contribution in [3.05, 3.63) is 107 Å². The van der Waals surface area contributed by atoms with E-state index in [1.165, 1.54) is 0 Å². The molecule has 8 nitrogen and oxygen atoms in total. The molecule has 8 heteroatoms. The molecule has 0 aromatic heterocycles. The molecular weight excluding hydrogens is 530 g/mol. The lowest BCUT2D eigenvalue weighted by Crippen LogP contribution is -2.49. The molecule has 3 rings (SSSR count). The van der Waals surface area contributed by atoms with Gasteiger partial charge in [-0.05, 0) is 55.5 Å². The van der Waals surface area contributed by atoms with Gasteiger partial charge < -0.3 is 20.1 Å². The molecule has 0 bridgehead atoms. The van der Waals surface area contributed by atoms with E-state index in [0.29, 0.717) is 36.2 Å². The summed E-state index contributed by atoms with van der Waals surface area (Å²) in [5, 5.41) is 17.4. The highest BCUT2D eigenvalue weighted by molar-refractivity contribution is 5.99. The van der Waals surface area contributed by atoms with E-state index in [9.17, 15) is 19.5 Å². The van der Waals surface area contributed by atoms with Crippen LogP contribution in [-0.2, 0) is 16.0 Å². The van der Waals surface area contributed by atoms with Crippen LogP contribution in [0.15, 0.2) is 84.9 Å². The SMILES string of the molecule is CCCN(CCC)C(=O)c1cccc(C(=O)N[C@@H](Cc2ccccc2)C(O)CNC(C(=O)OCC)c2ccccc2)c1. The highest BCUT2D eigenvalue weighted by Crippen LogP contribution is 2.16. The van der Waals surface area contributed by atoms with Crippen LogP contribution in [0.25, 0.3) is 0 Å². The third-order valence-electron chi connectivity index (χ3n) is 6.91. The average molecular weight is 574 g/mol. The minimum Gasteiger partial charge on any atom is -0.465 e. The molecule has 0 radical (unpaired) electrons. The Bertz CT molecular complexity index is 1260. The Morgan fingerprint density at radius 3 is 2.07 bits per heavy atom. The molecule has 0 aliphatic carbocycles. The Kier molecular flexibility index (Phi) is 13.2. The van der Waals surface area contributed by atoms with Crippen molar-refractivity contribution in [3.63, 3.8) is 0 Å². The number of hydrogen-bond donors (Lipinski definition) is 3. The number of amides is 2. The topological polar surface area (TPSA) is 108 Å². The largest absolute Gasteiger partial charge is 0.465 e. The number of rotatable bonds is 16. The van der Waals surface area contributed by atoms with Crippen molar-refractivity contribution >= 4 is 17.8 Å². The summed E-state index contributed by atoms with van der Waals surface area (Å²) in [6.07, 6.45) is 1.02. The van der Waals surface area contributed by atoms with E-state index < -0.39 is 30.1 Å². The second kappa shape index (κ2) is 17.1. The smallest absolute Gasteiger partial charge is 0.327 e. The van der Waals surface area contributed by atoms with E-state index >= 15 is 0 Å². The number of nitrogens with one attached hydrogen (secondary N) is 2. The first-order chi connectivity index (χ1) is 20.4. The highest BCUT2D eigenvalue weighted by Gasteiger charge is 2.27. The molecule has 3 aromatic rings. The second-order valence-corrected chi connectivity index (χ2v) is 10.2. The number of nitrogens with zero attached hydrogens (tertiary/aromatic N) is 1. The fourth-order valence-corrected chi connectivity index (χ4v) is 4.82. The van der Waals surface area contributed by atoms with Crippen LogP contribution in [0, 0.1) is 0 Å². The van der Waals surface area contributed by atoms with Crippen molar-refractivity contribution in [2.24, 2.45) is 0 Å². The standard InChI is InChI=1S/C34H43N3O5/c1-4-20-37(21-5-2)33(40)28-19-13-18-27(23-28)32(39)36-29(22-25-14-9-7-10-15-25)30(38)24-35-31(34(41)42-6-3)26-16-11-8-12-17-26/h7-19,23,29-31,35,38H,4-6,20-22,24H2,1-3H3,(H,36,39)/t29-,30?,31?/m0/s1. The lowest BCUT2D eigenvalue weighted by atomic mass is 9.99.